The van der Waals surface area contributed by atoms with Crippen molar-refractivity contribution in [1.82, 2.24) is 5.32 Å². The molecule has 0 spiro atoms. The van der Waals surface area contributed by atoms with Gasteiger partial charge >= 0.3 is 0 Å². The molecule has 1 heterocycles. The van der Waals surface area contributed by atoms with E-state index in [1.54, 1.807) is 4.90 Å². The second-order valence-electron chi connectivity index (χ2n) is 5.97. The zero-order valence-corrected chi connectivity index (χ0v) is 12.3. The first-order valence-electron chi connectivity index (χ1n) is 7.10. The number of nitrogens with zero attached hydrogens (tertiary/aromatic N) is 1. The summed E-state index contributed by atoms with van der Waals surface area (Å²) in [6.45, 7) is 6.66. The largest absolute Gasteiger partial charge is 0.315 e. The lowest BCUT2D eigenvalue weighted by Gasteiger charge is -2.34. The Morgan fingerprint density at radius 1 is 1.32 bits per heavy atom. The number of hydrogen-bond donors (Lipinski definition) is 1. The van der Waals surface area contributed by atoms with Crippen molar-refractivity contribution in [3.05, 3.63) is 29.8 Å². The standard InChI is InChI=1S/C16H24N2O/c1-11(2)9-12(3)17-14-10-16(19)18(4)15-8-6-5-7-13(14)15/h5-8,11-12,14,17H,9-10H2,1-4H3. The fourth-order valence-corrected chi connectivity index (χ4v) is 2.91. The Morgan fingerprint density at radius 2 is 2.00 bits per heavy atom. The first-order valence-corrected chi connectivity index (χ1v) is 7.10. The van der Waals surface area contributed by atoms with E-state index in [0.717, 1.165) is 12.1 Å². The Labute approximate surface area is 116 Å². The number of rotatable bonds is 4. The van der Waals surface area contributed by atoms with Crippen LogP contribution in [0.2, 0.25) is 0 Å². The zero-order chi connectivity index (χ0) is 14.0. The number of benzene rings is 1. The topological polar surface area (TPSA) is 32.3 Å². The first-order chi connectivity index (χ1) is 8.99. The van der Waals surface area contributed by atoms with Crippen molar-refractivity contribution < 1.29 is 4.79 Å². The minimum atomic E-state index is 0.147. The van der Waals surface area contributed by atoms with Crippen LogP contribution in [0.25, 0.3) is 0 Å². The van der Waals surface area contributed by atoms with Gasteiger partial charge < -0.3 is 10.2 Å². The van der Waals surface area contributed by atoms with E-state index in [9.17, 15) is 4.79 Å². The quantitative estimate of drug-likeness (QED) is 0.902. The molecule has 1 aromatic carbocycles. The number of carbonyl (C=O) groups is 1. The van der Waals surface area contributed by atoms with Gasteiger partial charge in [0, 0.05) is 31.2 Å². The normalized spacial score (nSPS) is 20.6. The van der Waals surface area contributed by atoms with Crippen LogP contribution in [0.5, 0.6) is 0 Å². The van der Waals surface area contributed by atoms with E-state index in [1.807, 2.05) is 25.2 Å². The highest BCUT2D eigenvalue weighted by Crippen LogP contribution is 2.33. The Hall–Kier alpha value is -1.35. The predicted molar refractivity (Wildman–Crippen MR) is 79.3 cm³/mol. The molecule has 3 nitrogen and oxygen atoms in total. The number of para-hydroxylation sites is 1. The fourth-order valence-electron chi connectivity index (χ4n) is 2.91. The minimum Gasteiger partial charge on any atom is -0.315 e. The van der Waals surface area contributed by atoms with Gasteiger partial charge in [0.05, 0.1) is 0 Å². The average molecular weight is 260 g/mol. The van der Waals surface area contributed by atoms with Gasteiger partial charge in [-0.05, 0) is 30.9 Å². The van der Waals surface area contributed by atoms with Crippen LogP contribution in [-0.4, -0.2) is 19.0 Å². The number of anilines is 1. The molecule has 0 aliphatic carbocycles. The van der Waals surface area contributed by atoms with E-state index in [-0.39, 0.29) is 11.9 Å². The Balaban J connectivity index is 2.18. The Morgan fingerprint density at radius 3 is 2.68 bits per heavy atom. The molecule has 0 saturated heterocycles. The van der Waals surface area contributed by atoms with E-state index >= 15 is 0 Å². The van der Waals surface area contributed by atoms with Crippen LogP contribution in [0.3, 0.4) is 0 Å². The summed E-state index contributed by atoms with van der Waals surface area (Å²) in [5, 5.41) is 3.61. The van der Waals surface area contributed by atoms with Crippen molar-refractivity contribution in [1.29, 1.82) is 0 Å². The molecule has 0 fully saturated rings. The van der Waals surface area contributed by atoms with Crippen LogP contribution in [0, 0.1) is 5.92 Å². The third kappa shape index (κ3) is 3.16. The van der Waals surface area contributed by atoms with Crippen molar-refractivity contribution in [3.63, 3.8) is 0 Å². The molecule has 0 radical (unpaired) electrons. The lowest BCUT2D eigenvalue weighted by Crippen LogP contribution is -2.40. The maximum absolute atomic E-state index is 12.1. The minimum absolute atomic E-state index is 0.147. The molecule has 3 heteroatoms. The molecule has 1 N–H and O–H groups in total. The molecule has 1 aliphatic heterocycles. The molecule has 2 atom stereocenters. The molecule has 2 rings (SSSR count). The maximum Gasteiger partial charge on any atom is 0.228 e. The van der Waals surface area contributed by atoms with E-state index < -0.39 is 0 Å². The number of carbonyl (C=O) groups excluding carboxylic acids is 1. The number of hydrogen-bond acceptors (Lipinski definition) is 2. The molecular weight excluding hydrogens is 236 g/mol. The van der Waals surface area contributed by atoms with Crippen molar-refractivity contribution in [3.8, 4) is 0 Å². The molecule has 104 valence electrons. The summed E-state index contributed by atoms with van der Waals surface area (Å²) < 4.78 is 0. The van der Waals surface area contributed by atoms with Crippen molar-refractivity contribution >= 4 is 11.6 Å². The van der Waals surface area contributed by atoms with Crippen molar-refractivity contribution in [2.24, 2.45) is 5.92 Å². The molecule has 2 unspecified atom stereocenters. The number of amides is 1. The van der Waals surface area contributed by atoms with Crippen molar-refractivity contribution in [2.45, 2.75) is 45.7 Å². The molecular formula is C16H24N2O. The summed E-state index contributed by atoms with van der Waals surface area (Å²) in [4.78, 5) is 13.8. The zero-order valence-electron chi connectivity index (χ0n) is 12.3. The van der Waals surface area contributed by atoms with Crippen LogP contribution in [0.15, 0.2) is 24.3 Å². The van der Waals surface area contributed by atoms with Crippen LogP contribution in [0.1, 0.15) is 45.2 Å². The SMILES string of the molecule is CC(C)CC(C)NC1CC(=O)N(C)c2ccccc21. The van der Waals surface area contributed by atoms with Gasteiger partial charge in [0.15, 0.2) is 0 Å². The smallest absolute Gasteiger partial charge is 0.228 e. The lowest BCUT2D eigenvalue weighted by molar-refractivity contribution is -0.119. The maximum atomic E-state index is 12.1. The van der Waals surface area contributed by atoms with Gasteiger partial charge in [-0.15, -0.1) is 0 Å². The molecule has 0 bridgehead atoms. The van der Waals surface area contributed by atoms with Crippen LogP contribution in [0.4, 0.5) is 5.69 Å². The summed E-state index contributed by atoms with van der Waals surface area (Å²) in [7, 11) is 1.86. The van der Waals surface area contributed by atoms with Gasteiger partial charge in [-0.2, -0.15) is 0 Å². The van der Waals surface area contributed by atoms with Gasteiger partial charge in [0.25, 0.3) is 0 Å². The summed E-state index contributed by atoms with van der Waals surface area (Å²) in [6.07, 6.45) is 1.68. The van der Waals surface area contributed by atoms with Crippen LogP contribution >= 0.6 is 0 Å². The van der Waals surface area contributed by atoms with Crippen LogP contribution < -0.4 is 10.2 Å². The van der Waals surface area contributed by atoms with E-state index in [1.165, 1.54) is 5.56 Å². The molecule has 1 aliphatic rings. The van der Waals surface area contributed by atoms with Gasteiger partial charge in [0.2, 0.25) is 5.91 Å². The van der Waals surface area contributed by atoms with E-state index in [4.69, 9.17) is 0 Å². The second kappa shape index (κ2) is 5.74. The monoisotopic (exact) mass is 260 g/mol. The molecule has 1 amide bonds. The molecule has 1 aromatic rings. The van der Waals surface area contributed by atoms with Gasteiger partial charge in [0.1, 0.15) is 0 Å². The summed E-state index contributed by atoms with van der Waals surface area (Å²) in [5.41, 5.74) is 2.27. The highest BCUT2D eigenvalue weighted by molar-refractivity contribution is 5.96. The molecule has 19 heavy (non-hydrogen) atoms. The van der Waals surface area contributed by atoms with Crippen LogP contribution in [-0.2, 0) is 4.79 Å². The first kappa shape index (κ1) is 14.1. The number of nitrogens with one attached hydrogen (secondary N) is 1. The van der Waals surface area contributed by atoms with Gasteiger partial charge in [-0.3, -0.25) is 4.79 Å². The summed E-state index contributed by atoms with van der Waals surface area (Å²) in [5.74, 6) is 0.854. The lowest BCUT2D eigenvalue weighted by atomic mass is 9.94. The van der Waals surface area contributed by atoms with E-state index in [0.29, 0.717) is 18.4 Å². The van der Waals surface area contributed by atoms with Gasteiger partial charge in [-0.25, -0.2) is 0 Å². The summed E-state index contributed by atoms with van der Waals surface area (Å²) >= 11 is 0. The number of fused-ring (bicyclic) bond motifs is 1. The molecule has 0 saturated carbocycles. The average Bonchev–Trinajstić information content (AvgIpc) is 2.34. The predicted octanol–water partition coefficient (Wildman–Crippen LogP) is 3.12. The fraction of sp³-hybridized carbons (Fsp3) is 0.562. The summed E-state index contributed by atoms with van der Waals surface area (Å²) in [6, 6.07) is 8.75. The molecule has 0 aromatic heterocycles. The highest BCUT2D eigenvalue weighted by atomic mass is 16.2. The Bertz CT molecular complexity index is 456. The third-order valence-electron chi connectivity index (χ3n) is 3.74. The second-order valence-corrected chi connectivity index (χ2v) is 5.97. The third-order valence-corrected chi connectivity index (χ3v) is 3.74. The van der Waals surface area contributed by atoms with Gasteiger partial charge in [-0.1, -0.05) is 32.0 Å². The van der Waals surface area contributed by atoms with E-state index in [2.05, 4.69) is 32.2 Å². The Kier molecular flexibility index (Phi) is 4.25. The van der Waals surface area contributed by atoms with Crippen molar-refractivity contribution in [2.75, 3.05) is 11.9 Å². The highest BCUT2D eigenvalue weighted by Gasteiger charge is 2.29.